The molecule has 7 N–H and O–H groups in total. The fourth-order valence-corrected chi connectivity index (χ4v) is 3.79. The molecule has 1 aliphatic heterocycles. The molecule has 1 fully saturated rings. The smallest absolute Gasteiger partial charge is 0.326 e. The Morgan fingerprint density at radius 3 is 2.59 bits per heavy atom. The van der Waals surface area contributed by atoms with Gasteiger partial charge in [0, 0.05) is 31.3 Å². The van der Waals surface area contributed by atoms with Crippen LogP contribution in [-0.2, 0) is 32.0 Å². The van der Waals surface area contributed by atoms with Crippen molar-refractivity contribution in [2.24, 2.45) is 5.73 Å². The maximum Gasteiger partial charge on any atom is 0.326 e. The lowest BCUT2D eigenvalue weighted by Crippen LogP contribution is -2.53. The van der Waals surface area contributed by atoms with Crippen molar-refractivity contribution in [3.05, 3.63) is 48.0 Å². The van der Waals surface area contributed by atoms with E-state index in [1.165, 1.54) is 23.4 Å². The van der Waals surface area contributed by atoms with Crippen LogP contribution in [0.15, 0.2) is 36.8 Å². The largest absolute Gasteiger partial charge is 0.508 e. The van der Waals surface area contributed by atoms with Crippen LogP contribution in [0, 0.1) is 0 Å². The van der Waals surface area contributed by atoms with E-state index in [2.05, 4.69) is 20.6 Å². The summed E-state index contributed by atoms with van der Waals surface area (Å²) in [7, 11) is 0. The number of carboxylic acids is 1. The first kappa shape index (κ1) is 24.7. The molecule has 2 aromatic rings. The van der Waals surface area contributed by atoms with Crippen LogP contribution in [0.1, 0.15) is 24.1 Å². The summed E-state index contributed by atoms with van der Waals surface area (Å²) < 4.78 is 0. The molecule has 0 spiro atoms. The van der Waals surface area contributed by atoms with E-state index in [1.54, 1.807) is 18.3 Å². The Bertz CT molecular complexity index is 1010. The molecule has 2 heterocycles. The van der Waals surface area contributed by atoms with E-state index >= 15 is 0 Å². The van der Waals surface area contributed by atoms with Crippen molar-refractivity contribution in [2.45, 2.75) is 43.8 Å². The molecule has 0 aliphatic carbocycles. The molecule has 1 aromatic carbocycles. The fourth-order valence-electron chi connectivity index (χ4n) is 3.79. The lowest BCUT2D eigenvalue weighted by molar-refractivity contribution is -0.144. The zero-order chi connectivity index (χ0) is 24.7. The average molecular weight is 473 g/mol. The topological polar surface area (TPSA) is 191 Å². The number of aliphatic carboxylic acids is 1. The minimum absolute atomic E-state index is 0.0201. The molecule has 12 nitrogen and oxygen atoms in total. The summed E-state index contributed by atoms with van der Waals surface area (Å²) in [6.45, 7) is -0.00214. The molecule has 1 aliphatic rings. The molecule has 3 atom stereocenters. The van der Waals surface area contributed by atoms with Gasteiger partial charge in [-0.2, -0.15) is 0 Å². The van der Waals surface area contributed by atoms with Crippen LogP contribution in [0.5, 0.6) is 5.75 Å². The van der Waals surface area contributed by atoms with Gasteiger partial charge in [-0.1, -0.05) is 12.1 Å². The molecule has 0 saturated carbocycles. The predicted molar refractivity (Wildman–Crippen MR) is 119 cm³/mol. The summed E-state index contributed by atoms with van der Waals surface area (Å²) in [5.74, 6) is -2.70. The van der Waals surface area contributed by atoms with E-state index in [0.717, 1.165) is 0 Å². The number of nitrogens with zero attached hydrogens (tertiary/aromatic N) is 2. The van der Waals surface area contributed by atoms with Crippen molar-refractivity contribution in [3.8, 4) is 5.75 Å². The SMILES string of the molecule is NC(Cc1cnc[nH]1)C(=O)NCC(=O)N1CCCC1C(=O)NC(Cc1ccc(O)cc1)C(=O)O. The molecule has 0 bridgehead atoms. The zero-order valence-corrected chi connectivity index (χ0v) is 18.4. The lowest BCUT2D eigenvalue weighted by Gasteiger charge is -2.26. The molecule has 3 rings (SSSR count). The van der Waals surface area contributed by atoms with Crippen LogP contribution < -0.4 is 16.4 Å². The number of carboxylic acid groups (broad SMARTS) is 1. The average Bonchev–Trinajstić information content (AvgIpc) is 3.50. The zero-order valence-electron chi connectivity index (χ0n) is 18.4. The third kappa shape index (κ3) is 6.54. The molecule has 12 heteroatoms. The number of aromatic nitrogens is 2. The summed E-state index contributed by atoms with van der Waals surface area (Å²) in [6, 6.07) is 3.11. The molecule has 0 radical (unpaired) electrons. The predicted octanol–water partition coefficient (Wildman–Crippen LogP) is -1.10. The van der Waals surface area contributed by atoms with Crippen molar-refractivity contribution in [2.75, 3.05) is 13.1 Å². The van der Waals surface area contributed by atoms with Crippen molar-refractivity contribution >= 4 is 23.7 Å². The van der Waals surface area contributed by atoms with Gasteiger partial charge < -0.3 is 36.5 Å². The summed E-state index contributed by atoms with van der Waals surface area (Å²) in [4.78, 5) is 57.4. The number of nitrogens with two attached hydrogens (primary N) is 1. The van der Waals surface area contributed by atoms with E-state index < -0.39 is 41.8 Å². The number of benzene rings is 1. The van der Waals surface area contributed by atoms with E-state index in [9.17, 15) is 29.4 Å². The number of hydrogen-bond acceptors (Lipinski definition) is 7. The fraction of sp³-hybridized carbons (Fsp3) is 0.409. The number of carbonyl (C=O) groups excluding carboxylic acids is 3. The van der Waals surface area contributed by atoms with E-state index in [4.69, 9.17) is 5.73 Å². The number of aromatic amines is 1. The number of amides is 3. The number of hydrogen-bond donors (Lipinski definition) is 6. The van der Waals surface area contributed by atoms with Gasteiger partial charge in [-0.3, -0.25) is 14.4 Å². The van der Waals surface area contributed by atoms with Gasteiger partial charge in [-0.15, -0.1) is 0 Å². The highest BCUT2D eigenvalue weighted by Crippen LogP contribution is 2.18. The summed E-state index contributed by atoms with van der Waals surface area (Å²) in [6.07, 6.45) is 4.24. The highest BCUT2D eigenvalue weighted by molar-refractivity contribution is 5.93. The second-order valence-corrected chi connectivity index (χ2v) is 8.12. The third-order valence-corrected chi connectivity index (χ3v) is 5.61. The van der Waals surface area contributed by atoms with Gasteiger partial charge in [-0.05, 0) is 30.5 Å². The quantitative estimate of drug-likeness (QED) is 0.251. The Kier molecular flexibility index (Phi) is 8.19. The molecule has 3 amide bonds. The number of carbonyl (C=O) groups is 4. The van der Waals surface area contributed by atoms with Gasteiger partial charge >= 0.3 is 5.97 Å². The Morgan fingerprint density at radius 2 is 1.94 bits per heavy atom. The Labute approximate surface area is 195 Å². The minimum Gasteiger partial charge on any atom is -0.508 e. The van der Waals surface area contributed by atoms with Crippen molar-refractivity contribution < 1.29 is 29.4 Å². The number of H-pyrrole nitrogens is 1. The van der Waals surface area contributed by atoms with Gasteiger partial charge in [0.05, 0.1) is 18.9 Å². The number of likely N-dealkylation sites (tertiary alicyclic amines) is 1. The standard InChI is InChI=1S/C22H28N6O6/c23-16(9-14-10-24-12-26-14)20(31)25-11-19(30)28-7-1-2-18(28)21(32)27-17(22(33)34)8-13-3-5-15(29)6-4-13/h3-6,10,12,16-18,29H,1-2,7-9,11,23H2,(H,24,26)(H,25,31)(H,27,32)(H,33,34). The van der Waals surface area contributed by atoms with Crippen LogP contribution in [-0.4, -0.2) is 80.0 Å². The van der Waals surface area contributed by atoms with Crippen molar-refractivity contribution in [3.63, 3.8) is 0 Å². The number of nitrogens with one attached hydrogen (secondary N) is 3. The molecule has 1 saturated heterocycles. The van der Waals surface area contributed by atoms with E-state index in [0.29, 0.717) is 30.6 Å². The number of aromatic hydroxyl groups is 1. The molecule has 1 aromatic heterocycles. The number of imidazole rings is 1. The summed E-state index contributed by atoms with van der Waals surface area (Å²) in [5, 5.41) is 23.9. The third-order valence-electron chi connectivity index (χ3n) is 5.61. The maximum atomic E-state index is 12.8. The lowest BCUT2D eigenvalue weighted by atomic mass is 10.0. The van der Waals surface area contributed by atoms with Gasteiger partial charge in [-0.25, -0.2) is 9.78 Å². The first-order valence-electron chi connectivity index (χ1n) is 10.9. The van der Waals surface area contributed by atoms with Crippen LogP contribution in [0.2, 0.25) is 0 Å². The van der Waals surface area contributed by atoms with Gasteiger partial charge in [0.2, 0.25) is 17.7 Å². The maximum absolute atomic E-state index is 12.8. The Hall–Kier alpha value is -3.93. The van der Waals surface area contributed by atoms with E-state index in [-0.39, 0.29) is 25.1 Å². The van der Waals surface area contributed by atoms with Crippen molar-refractivity contribution in [1.82, 2.24) is 25.5 Å². The number of rotatable bonds is 10. The summed E-state index contributed by atoms with van der Waals surface area (Å²) in [5.41, 5.74) is 7.17. The number of phenolic OH excluding ortho intramolecular Hbond substituents is 1. The highest BCUT2D eigenvalue weighted by atomic mass is 16.4. The van der Waals surface area contributed by atoms with Crippen LogP contribution in [0.3, 0.4) is 0 Å². The summed E-state index contributed by atoms with van der Waals surface area (Å²) >= 11 is 0. The molecular weight excluding hydrogens is 444 g/mol. The molecule has 182 valence electrons. The van der Waals surface area contributed by atoms with E-state index in [1.807, 2.05) is 0 Å². The monoisotopic (exact) mass is 472 g/mol. The van der Waals surface area contributed by atoms with Crippen LogP contribution in [0.25, 0.3) is 0 Å². The van der Waals surface area contributed by atoms with Gasteiger partial charge in [0.25, 0.3) is 0 Å². The number of phenols is 1. The van der Waals surface area contributed by atoms with Gasteiger partial charge in [0.15, 0.2) is 0 Å². The Morgan fingerprint density at radius 1 is 1.21 bits per heavy atom. The first-order valence-corrected chi connectivity index (χ1v) is 10.9. The molecular formula is C22H28N6O6. The minimum atomic E-state index is -1.21. The second kappa shape index (κ2) is 11.3. The van der Waals surface area contributed by atoms with Crippen LogP contribution in [0.4, 0.5) is 0 Å². The first-order chi connectivity index (χ1) is 16.2. The van der Waals surface area contributed by atoms with Gasteiger partial charge in [0.1, 0.15) is 17.8 Å². The van der Waals surface area contributed by atoms with Crippen LogP contribution >= 0.6 is 0 Å². The molecule has 34 heavy (non-hydrogen) atoms. The molecule has 3 unspecified atom stereocenters. The second-order valence-electron chi connectivity index (χ2n) is 8.12. The van der Waals surface area contributed by atoms with Crippen molar-refractivity contribution in [1.29, 1.82) is 0 Å². The Balaban J connectivity index is 1.53. The normalized spacial score (nSPS) is 17.1. The highest BCUT2D eigenvalue weighted by Gasteiger charge is 2.36.